The number of nitrogens with zero attached hydrogens (tertiary/aromatic N) is 3. The van der Waals surface area contributed by atoms with Crippen molar-refractivity contribution in [3.8, 4) is 11.3 Å². The molecule has 4 N–H and O–H groups in total. The van der Waals surface area contributed by atoms with Crippen LogP contribution in [0.3, 0.4) is 0 Å². The van der Waals surface area contributed by atoms with Gasteiger partial charge in [0, 0.05) is 31.6 Å². The van der Waals surface area contributed by atoms with Crippen molar-refractivity contribution >= 4 is 17.7 Å². The van der Waals surface area contributed by atoms with E-state index in [1.165, 1.54) is 13.3 Å². The molecule has 1 amide bonds. The minimum absolute atomic E-state index is 0.0685. The summed E-state index contributed by atoms with van der Waals surface area (Å²) < 4.78 is 82.2. The number of aliphatic hydroxyl groups is 3. The van der Waals surface area contributed by atoms with Crippen LogP contribution in [-0.4, -0.2) is 96.5 Å². The number of benzene rings is 1. The molecule has 1 aromatic carbocycles. The van der Waals surface area contributed by atoms with E-state index < -0.39 is 89.4 Å². The maximum absolute atomic E-state index is 14.1. The number of methoxy groups -OCH3 is 1. The second kappa shape index (κ2) is 14.0. The lowest BCUT2D eigenvalue weighted by Gasteiger charge is -2.46. The summed E-state index contributed by atoms with van der Waals surface area (Å²) in [7, 11) is 1.29. The lowest BCUT2D eigenvalue weighted by atomic mass is 9.80. The zero-order valence-electron chi connectivity index (χ0n) is 24.4. The number of alkyl halides is 2. The molecular weight excluding hydrogens is 615 g/mol. The fraction of sp³-hybridized carbons (Fsp3) is 0.679. The van der Waals surface area contributed by atoms with Gasteiger partial charge in [0.1, 0.15) is 40.7 Å². The van der Waals surface area contributed by atoms with Gasteiger partial charge in [0.15, 0.2) is 17.5 Å². The Bertz CT molecular complexity index is 1270. The van der Waals surface area contributed by atoms with E-state index in [1.807, 2.05) is 13.8 Å². The predicted octanol–water partition coefficient (Wildman–Crippen LogP) is 3.34. The van der Waals surface area contributed by atoms with Crippen LogP contribution < -0.4 is 5.32 Å². The highest BCUT2D eigenvalue weighted by Crippen LogP contribution is 2.47. The molecular formula is C28H37F5N4O6S. The van der Waals surface area contributed by atoms with Gasteiger partial charge in [-0.25, -0.2) is 26.6 Å². The molecule has 1 aliphatic heterocycles. The fourth-order valence-electron chi connectivity index (χ4n) is 5.63. The van der Waals surface area contributed by atoms with Crippen molar-refractivity contribution in [1.82, 2.24) is 20.3 Å². The number of nitrogens with one attached hydrogen (secondary N) is 1. The van der Waals surface area contributed by atoms with Gasteiger partial charge in [-0.3, -0.25) is 4.79 Å². The van der Waals surface area contributed by atoms with Gasteiger partial charge in [0.2, 0.25) is 11.8 Å². The molecule has 1 aromatic heterocycles. The Hall–Kier alpha value is -2.37. The molecule has 10 nitrogen and oxygen atoms in total. The number of aromatic nitrogens is 3. The largest absolute Gasteiger partial charge is 0.394 e. The van der Waals surface area contributed by atoms with Crippen LogP contribution in [0.2, 0.25) is 0 Å². The Kier molecular flexibility index (Phi) is 10.9. The van der Waals surface area contributed by atoms with Crippen LogP contribution in [0.5, 0.6) is 0 Å². The molecule has 4 rings (SSSR count). The van der Waals surface area contributed by atoms with Gasteiger partial charge in [0.05, 0.1) is 18.4 Å². The quantitative estimate of drug-likeness (QED) is 0.213. The Morgan fingerprint density at radius 2 is 1.80 bits per heavy atom. The average Bonchev–Trinajstić information content (AvgIpc) is 3.48. The van der Waals surface area contributed by atoms with E-state index in [4.69, 9.17) is 9.47 Å². The summed E-state index contributed by atoms with van der Waals surface area (Å²) in [6.07, 6.45) is -3.36. The van der Waals surface area contributed by atoms with Crippen LogP contribution >= 0.6 is 11.8 Å². The molecule has 2 aromatic rings. The number of aliphatic hydroxyl groups excluding tert-OH is 2. The number of thioether (sulfide) groups is 1. The average molecular weight is 653 g/mol. The van der Waals surface area contributed by atoms with E-state index in [1.54, 1.807) is 0 Å². The topological polar surface area (TPSA) is 139 Å². The Morgan fingerprint density at radius 1 is 1.18 bits per heavy atom. The third kappa shape index (κ3) is 7.20. The number of hydrogen-bond acceptors (Lipinski definition) is 9. The van der Waals surface area contributed by atoms with Crippen molar-refractivity contribution in [3.63, 3.8) is 0 Å². The Balaban J connectivity index is 1.68. The van der Waals surface area contributed by atoms with E-state index in [0.717, 1.165) is 28.6 Å². The number of halogens is 5. The second-order valence-corrected chi connectivity index (χ2v) is 12.5. The van der Waals surface area contributed by atoms with Crippen LogP contribution in [-0.2, 0) is 14.3 Å². The highest BCUT2D eigenvalue weighted by molar-refractivity contribution is 8.01. The summed E-state index contributed by atoms with van der Waals surface area (Å²) in [4.78, 5) is 13.6. The number of ether oxygens (including phenoxy) is 2. The van der Waals surface area contributed by atoms with Gasteiger partial charge >= 0.3 is 0 Å². The molecule has 2 fully saturated rings. The smallest absolute Gasteiger partial charge is 0.248 e. The molecule has 6 atom stereocenters. The zero-order chi connectivity index (χ0) is 32.4. The first kappa shape index (κ1) is 34.5. The Morgan fingerprint density at radius 3 is 2.34 bits per heavy atom. The lowest BCUT2D eigenvalue weighted by Crippen LogP contribution is -2.59. The van der Waals surface area contributed by atoms with Crippen LogP contribution in [0.25, 0.3) is 11.3 Å². The van der Waals surface area contributed by atoms with Crippen molar-refractivity contribution in [2.75, 3.05) is 13.7 Å². The molecule has 1 saturated heterocycles. The molecule has 0 unspecified atom stereocenters. The number of carbonyl (C=O) groups is 1. The molecule has 0 spiro atoms. The first-order valence-corrected chi connectivity index (χ1v) is 15.3. The molecule has 246 valence electrons. The normalized spacial score (nSPS) is 27.3. The van der Waals surface area contributed by atoms with Gasteiger partial charge < -0.3 is 30.1 Å². The van der Waals surface area contributed by atoms with E-state index in [0.29, 0.717) is 12.8 Å². The van der Waals surface area contributed by atoms with Crippen molar-refractivity contribution in [2.45, 2.75) is 105 Å². The van der Waals surface area contributed by atoms with Crippen molar-refractivity contribution in [1.29, 1.82) is 0 Å². The zero-order valence-corrected chi connectivity index (χ0v) is 25.2. The Labute approximate surface area is 255 Å². The minimum atomic E-state index is -2.98. The van der Waals surface area contributed by atoms with E-state index in [2.05, 4.69) is 15.6 Å². The SMILES string of the molecule is CCC(CC)NC(=O)[C@@H](S[C@@H]1O[C@H](CO)[C@H](O)[C@H](n2cc(-c3cc(F)c(F)c(F)c3)nn2)[C@H]1OC)C1(O)CCC(F)(F)CC1. The summed E-state index contributed by atoms with van der Waals surface area (Å²) in [5.74, 6) is -8.10. The van der Waals surface area contributed by atoms with Gasteiger partial charge in [-0.15, -0.1) is 16.9 Å². The molecule has 1 aliphatic carbocycles. The summed E-state index contributed by atoms with van der Waals surface area (Å²) in [6, 6.07) is 0.0772. The van der Waals surface area contributed by atoms with E-state index >= 15 is 0 Å². The summed E-state index contributed by atoms with van der Waals surface area (Å²) in [6.45, 7) is 3.06. The predicted molar refractivity (Wildman–Crippen MR) is 149 cm³/mol. The standard InChI is InChI=1S/C28H37F5N4O6S/c1-4-15(5-2)34-25(40)24(27(41)6-8-28(32,33)9-7-27)44-26-23(42-3)21(22(39)19(13-38)43-26)37-12-18(35-36-37)14-10-16(29)20(31)17(30)11-14/h10-12,15,19,21-24,26,38-39,41H,4-9,13H2,1-3H3,(H,34,40)/t19-,21+,22+,23-,24-,26+/m1/s1. The first-order chi connectivity index (χ1) is 20.8. The van der Waals surface area contributed by atoms with E-state index in [-0.39, 0.29) is 30.1 Å². The van der Waals surface area contributed by atoms with Crippen molar-refractivity contribution in [2.24, 2.45) is 0 Å². The molecule has 0 radical (unpaired) electrons. The molecule has 44 heavy (non-hydrogen) atoms. The van der Waals surface area contributed by atoms with Gasteiger partial charge in [-0.1, -0.05) is 19.1 Å². The fourth-order valence-corrected chi connectivity index (χ4v) is 7.21. The van der Waals surface area contributed by atoms with Crippen LogP contribution in [0.15, 0.2) is 18.3 Å². The van der Waals surface area contributed by atoms with Crippen LogP contribution in [0.1, 0.15) is 58.4 Å². The van der Waals surface area contributed by atoms with Crippen LogP contribution in [0, 0.1) is 17.5 Å². The summed E-state index contributed by atoms with van der Waals surface area (Å²) >= 11 is 0.824. The maximum Gasteiger partial charge on any atom is 0.248 e. The highest BCUT2D eigenvalue weighted by Gasteiger charge is 2.54. The molecule has 16 heteroatoms. The summed E-state index contributed by atoms with van der Waals surface area (Å²) in [5, 5.41) is 42.2. The number of rotatable bonds is 11. The monoisotopic (exact) mass is 652 g/mol. The molecule has 2 aliphatic rings. The molecule has 1 saturated carbocycles. The summed E-state index contributed by atoms with van der Waals surface area (Å²) in [5.41, 5.74) is -3.19. The number of carbonyl (C=O) groups excluding carboxylic acids is 1. The second-order valence-electron chi connectivity index (χ2n) is 11.2. The minimum Gasteiger partial charge on any atom is -0.394 e. The van der Waals surface area contributed by atoms with Crippen molar-refractivity contribution in [3.05, 3.63) is 35.8 Å². The number of amides is 1. The lowest BCUT2D eigenvalue weighted by molar-refractivity contribution is -0.186. The highest BCUT2D eigenvalue weighted by atomic mass is 32.2. The van der Waals surface area contributed by atoms with Gasteiger partial charge in [-0.2, -0.15) is 0 Å². The van der Waals surface area contributed by atoms with Gasteiger partial charge in [0.25, 0.3) is 0 Å². The van der Waals surface area contributed by atoms with E-state index in [9.17, 15) is 42.1 Å². The van der Waals surface area contributed by atoms with Crippen LogP contribution in [0.4, 0.5) is 22.0 Å². The van der Waals surface area contributed by atoms with Crippen molar-refractivity contribution < 1.29 is 51.5 Å². The third-order valence-corrected chi connectivity index (χ3v) is 9.94. The third-order valence-electron chi connectivity index (χ3n) is 8.37. The maximum atomic E-state index is 14.1. The first-order valence-electron chi connectivity index (χ1n) is 14.4. The molecule has 0 bridgehead atoms. The number of hydrogen-bond donors (Lipinski definition) is 4. The van der Waals surface area contributed by atoms with Gasteiger partial charge in [-0.05, 0) is 37.8 Å². The molecule has 2 heterocycles.